The Morgan fingerprint density at radius 3 is 2.78 bits per heavy atom. The number of anilines is 1. The highest BCUT2D eigenvalue weighted by Crippen LogP contribution is 2.24. The van der Waals surface area contributed by atoms with Crippen molar-refractivity contribution in [2.75, 3.05) is 4.72 Å². The number of aromatic nitrogens is 1. The van der Waals surface area contributed by atoms with E-state index in [1.807, 2.05) is 0 Å². The number of nitrogens with zero attached hydrogens (tertiary/aromatic N) is 1. The maximum Gasteiger partial charge on any atom is 0.271 e. The minimum Gasteiger partial charge on any atom is -0.391 e. The summed E-state index contributed by atoms with van der Waals surface area (Å²) in [4.78, 5) is 4.51. The van der Waals surface area contributed by atoms with Gasteiger partial charge in [-0.3, -0.25) is 9.71 Å². The molecule has 0 saturated heterocycles. The van der Waals surface area contributed by atoms with E-state index in [0.717, 1.165) is 16.9 Å². The van der Waals surface area contributed by atoms with Gasteiger partial charge in [0.2, 0.25) is 0 Å². The minimum atomic E-state index is -3.60. The Morgan fingerprint density at radius 2 is 2.17 bits per heavy atom. The minimum absolute atomic E-state index is 0.158. The topological polar surface area (TPSA) is 79.3 Å². The molecule has 2 N–H and O–H groups in total. The fraction of sp³-hybridized carbons (Fsp3) is 0.182. The summed E-state index contributed by atoms with van der Waals surface area (Å²) in [5.41, 5.74) is 1.25. The van der Waals surface area contributed by atoms with Crippen molar-refractivity contribution in [3.63, 3.8) is 0 Å². The number of aliphatic hydroxyl groups excluding tert-OH is 1. The van der Waals surface area contributed by atoms with Gasteiger partial charge in [0.15, 0.2) is 0 Å². The van der Waals surface area contributed by atoms with Crippen LogP contribution in [0.5, 0.6) is 0 Å². The Bertz CT molecular complexity index is 650. The Morgan fingerprint density at radius 1 is 1.39 bits per heavy atom. The molecule has 2 heterocycles. The third kappa shape index (κ3) is 2.69. The lowest BCUT2D eigenvalue weighted by atomic mass is 10.3. The highest BCUT2D eigenvalue weighted by atomic mass is 32.2. The van der Waals surface area contributed by atoms with E-state index in [9.17, 15) is 8.42 Å². The van der Waals surface area contributed by atoms with Crippen LogP contribution in [0, 0.1) is 6.92 Å². The van der Waals surface area contributed by atoms with Gasteiger partial charge in [0.25, 0.3) is 10.0 Å². The molecule has 0 aliphatic heterocycles. The molecule has 0 amide bonds. The molecule has 0 bridgehead atoms. The molecule has 0 atom stereocenters. The molecule has 0 saturated carbocycles. The lowest BCUT2D eigenvalue weighted by Crippen LogP contribution is -2.12. The predicted molar refractivity (Wildman–Crippen MR) is 70.0 cm³/mol. The summed E-state index contributed by atoms with van der Waals surface area (Å²) in [5.74, 6) is 0. The van der Waals surface area contributed by atoms with Gasteiger partial charge in [-0.2, -0.15) is 0 Å². The highest BCUT2D eigenvalue weighted by molar-refractivity contribution is 7.94. The molecule has 2 rings (SSSR count). The van der Waals surface area contributed by atoms with Gasteiger partial charge in [0, 0.05) is 17.3 Å². The number of pyridine rings is 1. The fourth-order valence-electron chi connectivity index (χ4n) is 1.37. The van der Waals surface area contributed by atoms with E-state index in [2.05, 4.69) is 9.71 Å². The van der Waals surface area contributed by atoms with E-state index in [4.69, 9.17) is 5.11 Å². The summed E-state index contributed by atoms with van der Waals surface area (Å²) < 4.78 is 26.8. The van der Waals surface area contributed by atoms with Crippen molar-refractivity contribution in [3.05, 3.63) is 41.0 Å². The number of sulfonamides is 1. The van der Waals surface area contributed by atoms with Crippen LogP contribution < -0.4 is 4.72 Å². The van der Waals surface area contributed by atoms with Crippen LogP contribution in [0.2, 0.25) is 0 Å². The van der Waals surface area contributed by atoms with Crippen molar-refractivity contribution in [1.29, 1.82) is 0 Å². The quantitative estimate of drug-likeness (QED) is 0.896. The first kappa shape index (κ1) is 13.0. The van der Waals surface area contributed by atoms with Crippen LogP contribution in [-0.4, -0.2) is 18.5 Å². The van der Waals surface area contributed by atoms with E-state index in [-0.39, 0.29) is 10.8 Å². The summed E-state index contributed by atoms with van der Waals surface area (Å²) in [5, 5.41) is 8.94. The zero-order chi connectivity index (χ0) is 13.2. The Kier molecular flexibility index (Phi) is 3.65. The van der Waals surface area contributed by atoms with Gasteiger partial charge in [-0.05, 0) is 30.7 Å². The molecule has 7 heteroatoms. The summed E-state index contributed by atoms with van der Waals surface area (Å²) in [6.45, 7) is 1.62. The maximum atomic E-state index is 12.1. The van der Waals surface area contributed by atoms with E-state index in [1.54, 1.807) is 25.3 Å². The Labute approximate surface area is 109 Å². The Balaban J connectivity index is 2.30. The Hall–Kier alpha value is -1.44. The smallest absolute Gasteiger partial charge is 0.271 e. The third-order valence-electron chi connectivity index (χ3n) is 2.32. The average molecular weight is 284 g/mol. The van der Waals surface area contributed by atoms with Crippen molar-refractivity contribution in [2.45, 2.75) is 17.7 Å². The lowest BCUT2D eigenvalue weighted by molar-refractivity contribution is 0.285. The van der Waals surface area contributed by atoms with Gasteiger partial charge in [-0.15, -0.1) is 11.3 Å². The second-order valence-corrected chi connectivity index (χ2v) is 6.75. The number of rotatable bonds is 4. The zero-order valence-electron chi connectivity index (χ0n) is 9.62. The SMILES string of the molecule is Cc1cnccc1NS(=O)(=O)c1ccc(CO)s1. The number of aryl methyl sites for hydroxylation is 1. The van der Waals surface area contributed by atoms with Gasteiger partial charge < -0.3 is 5.11 Å². The van der Waals surface area contributed by atoms with Gasteiger partial charge in [0.05, 0.1) is 12.3 Å². The molecule has 0 aliphatic carbocycles. The van der Waals surface area contributed by atoms with Crippen molar-refractivity contribution in [1.82, 2.24) is 4.98 Å². The number of aliphatic hydroxyl groups is 1. The van der Waals surface area contributed by atoms with Crippen LogP contribution in [0.1, 0.15) is 10.4 Å². The standard InChI is InChI=1S/C11H12N2O3S2/c1-8-6-12-5-4-10(8)13-18(15,16)11-3-2-9(7-14)17-11/h2-6,14H,7H2,1H3,(H,12,13). The van der Waals surface area contributed by atoms with Crippen molar-refractivity contribution < 1.29 is 13.5 Å². The van der Waals surface area contributed by atoms with Crippen molar-refractivity contribution in [2.24, 2.45) is 0 Å². The van der Waals surface area contributed by atoms with Gasteiger partial charge >= 0.3 is 0 Å². The predicted octanol–water partition coefficient (Wildman–Crippen LogP) is 1.74. The lowest BCUT2D eigenvalue weighted by Gasteiger charge is -2.08. The second kappa shape index (κ2) is 5.05. The summed E-state index contributed by atoms with van der Waals surface area (Å²) in [7, 11) is -3.60. The fourth-order valence-corrected chi connectivity index (χ4v) is 3.72. The van der Waals surface area contributed by atoms with E-state index in [0.29, 0.717) is 10.6 Å². The molecule has 0 unspecified atom stereocenters. The molecule has 0 aromatic carbocycles. The first-order chi connectivity index (χ1) is 8.53. The van der Waals surface area contributed by atoms with Crippen LogP contribution in [0.15, 0.2) is 34.8 Å². The number of hydrogen-bond acceptors (Lipinski definition) is 5. The third-order valence-corrected chi connectivity index (χ3v) is 5.25. The monoisotopic (exact) mass is 284 g/mol. The van der Waals surface area contributed by atoms with Crippen LogP contribution >= 0.6 is 11.3 Å². The summed E-state index contributed by atoms with van der Waals surface area (Å²) in [6, 6.07) is 4.68. The van der Waals surface area contributed by atoms with E-state index >= 15 is 0 Å². The van der Waals surface area contributed by atoms with Gasteiger partial charge in [-0.25, -0.2) is 8.42 Å². The van der Waals surface area contributed by atoms with Crippen LogP contribution in [0.3, 0.4) is 0 Å². The first-order valence-corrected chi connectivity index (χ1v) is 7.46. The molecule has 0 spiro atoms. The van der Waals surface area contributed by atoms with Crippen molar-refractivity contribution >= 4 is 27.0 Å². The number of hydrogen-bond donors (Lipinski definition) is 2. The zero-order valence-corrected chi connectivity index (χ0v) is 11.3. The van der Waals surface area contributed by atoms with Crippen LogP contribution in [-0.2, 0) is 16.6 Å². The van der Waals surface area contributed by atoms with Crippen LogP contribution in [0.25, 0.3) is 0 Å². The molecule has 18 heavy (non-hydrogen) atoms. The molecule has 5 nitrogen and oxygen atoms in total. The second-order valence-electron chi connectivity index (χ2n) is 3.67. The normalized spacial score (nSPS) is 11.4. The molecule has 0 radical (unpaired) electrons. The molecule has 0 fully saturated rings. The number of thiophene rings is 1. The van der Waals surface area contributed by atoms with Gasteiger partial charge in [-0.1, -0.05) is 0 Å². The molecule has 96 valence electrons. The number of nitrogens with one attached hydrogen (secondary N) is 1. The molecule has 2 aromatic heterocycles. The molecular formula is C11H12N2O3S2. The largest absolute Gasteiger partial charge is 0.391 e. The maximum absolute atomic E-state index is 12.1. The molecule has 2 aromatic rings. The highest BCUT2D eigenvalue weighted by Gasteiger charge is 2.17. The summed E-state index contributed by atoms with van der Waals surface area (Å²) >= 11 is 1.05. The van der Waals surface area contributed by atoms with Gasteiger partial charge in [0.1, 0.15) is 4.21 Å². The van der Waals surface area contributed by atoms with E-state index < -0.39 is 10.0 Å². The molecular weight excluding hydrogens is 272 g/mol. The summed E-state index contributed by atoms with van der Waals surface area (Å²) in [6.07, 6.45) is 3.11. The van der Waals surface area contributed by atoms with E-state index in [1.165, 1.54) is 12.3 Å². The van der Waals surface area contributed by atoms with Crippen molar-refractivity contribution in [3.8, 4) is 0 Å². The van der Waals surface area contributed by atoms with Crippen LogP contribution in [0.4, 0.5) is 5.69 Å². The molecule has 0 aliphatic rings. The average Bonchev–Trinajstić information content (AvgIpc) is 2.81. The first-order valence-electron chi connectivity index (χ1n) is 5.16.